The van der Waals surface area contributed by atoms with Crippen molar-refractivity contribution in [2.45, 2.75) is 19.8 Å². The molecule has 0 amide bonds. The van der Waals surface area contributed by atoms with E-state index in [0.717, 1.165) is 6.42 Å². The summed E-state index contributed by atoms with van der Waals surface area (Å²) in [5.41, 5.74) is 4.50. The lowest BCUT2D eigenvalue weighted by atomic mass is 9.85. The molecule has 0 radical (unpaired) electrons. The van der Waals surface area contributed by atoms with Crippen LogP contribution in [-0.2, 0) is 4.79 Å². The van der Waals surface area contributed by atoms with Crippen LogP contribution >= 0.6 is 0 Å². The van der Waals surface area contributed by atoms with Crippen molar-refractivity contribution < 1.29 is 9.90 Å². The van der Waals surface area contributed by atoms with E-state index in [4.69, 9.17) is 5.11 Å². The third-order valence-corrected chi connectivity index (χ3v) is 2.07. The van der Waals surface area contributed by atoms with Crippen molar-refractivity contribution in [3.05, 3.63) is 12.2 Å². The molecule has 12 heavy (non-hydrogen) atoms. The molecule has 1 aliphatic carbocycles. The first kappa shape index (κ1) is 11.2. The molecule has 0 aliphatic heterocycles. The molecule has 0 aromatic rings. The van der Waals surface area contributed by atoms with Crippen LogP contribution in [0.5, 0.6) is 0 Å². The van der Waals surface area contributed by atoms with Crippen LogP contribution in [0, 0.1) is 11.8 Å². The van der Waals surface area contributed by atoms with Gasteiger partial charge in [0.1, 0.15) is 0 Å². The smallest absolute Gasteiger partial charge is 0.307 e. The zero-order valence-electron chi connectivity index (χ0n) is 7.66. The number of aliphatic carboxylic acids is 1. The maximum absolute atomic E-state index is 10.5. The van der Waals surface area contributed by atoms with E-state index in [1.54, 1.807) is 0 Å². The second-order valence-corrected chi connectivity index (χ2v) is 2.86. The van der Waals surface area contributed by atoms with Crippen LogP contribution in [0.3, 0.4) is 0 Å². The van der Waals surface area contributed by atoms with Crippen LogP contribution in [0.4, 0.5) is 0 Å². The second kappa shape index (κ2) is 5.77. The van der Waals surface area contributed by atoms with Crippen LogP contribution < -0.4 is 5.73 Å². The molecule has 1 unspecified atom stereocenters. The topological polar surface area (TPSA) is 63.3 Å². The maximum Gasteiger partial charge on any atom is 0.307 e. The maximum atomic E-state index is 10.5. The Balaban J connectivity index is 0.000000561. The van der Waals surface area contributed by atoms with Gasteiger partial charge in [-0.15, -0.1) is 0 Å². The van der Waals surface area contributed by atoms with Gasteiger partial charge in [-0.25, -0.2) is 0 Å². The fraction of sp³-hybridized carbons (Fsp3) is 0.667. The Labute approximate surface area is 73.3 Å². The normalized spacial score (nSPS) is 27.2. The van der Waals surface area contributed by atoms with Crippen molar-refractivity contribution in [2.24, 2.45) is 17.6 Å². The van der Waals surface area contributed by atoms with Gasteiger partial charge in [0, 0.05) is 0 Å². The van der Waals surface area contributed by atoms with Crippen molar-refractivity contribution in [3.8, 4) is 0 Å². The molecule has 3 N–H and O–H groups in total. The van der Waals surface area contributed by atoms with Crippen LogP contribution in [0.25, 0.3) is 0 Å². The molecule has 70 valence electrons. The minimum absolute atomic E-state index is 0.148. The number of rotatable bonds is 1. The number of carboxylic acid groups (broad SMARTS) is 1. The van der Waals surface area contributed by atoms with E-state index in [-0.39, 0.29) is 5.92 Å². The predicted molar refractivity (Wildman–Crippen MR) is 48.8 cm³/mol. The zero-order chi connectivity index (χ0) is 9.56. The Bertz CT molecular complexity index is 166. The Morgan fingerprint density at radius 2 is 1.92 bits per heavy atom. The summed E-state index contributed by atoms with van der Waals surface area (Å²) in [6.45, 7) is 1.99. The van der Waals surface area contributed by atoms with Crippen molar-refractivity contribution in [2.75, 3.05) is 7.05 Å². The molecule has 1 aliphatic rings. The summed E-state index contributed by atoms with van der Waals surface area (Å²) in [5, 5.41) is 8.67. The largest absolute Gasteiger partial charge is 0.481 e. The predicted octanol–water partition coefficient (Wildman–Crippen LogP) is 1.25. The summed E-state index contributed by atoms with van der Waals surface area (Å²) in [4.78, 5) is 10.5. The zero-order valence-corrected chi connectivity index (χ0v) is 7.66. The SMILES string of the molecule is CC1CC=CC[C@H]1C(=O)O.CN. The fourth-order valence-electron chi connectivity index (χ4n) is 1.29. The molecule has 0 heterocycles. The molecule has 3 heteroatoms. The number of hydrogen-bond donors (Lipinski definition) is 2. The van der Waals surface area contributed by atoms with Gasteiger partial charge in [0.15, 0.2) is 0 Å². The molecular formula is C9H17NO2. The van der Waals surface area contributed by atoms with Gasteiger partial charge >= 0.3 is 5.97 Å². The van der Waals surface area contributed by atoms with Gasteiger partial charge in [-0.1, -0.05) is 19.1 Å². The van der Waals surface area contributed by atoms with Crippen molar-refractivity contribution in [1.82, 2.24) is 0 Å². The van der Waals surface area contributed by atoms with Gasteiger partial charge in [-0.3, -0.25) is 4.79 Å². The van der Waals surface area contributed by atoms with Crippen molar-refractivity contribution >= 4 is 5.97 Å². The summed E-state index contributed by atoms with van der Waals surface area (Å²) in [6.07, 6.45) is 5.64. The Morgan fingerprint density at radius 3 is 2.25 bits per heavy atom. The third-order valence-electron chi connectivity index (χ3n) is 2.07. The highest BCUT2D eigenvalue weighted by Gasteiger charge is 2.24. The highest BCUT2D eigenvalue weighted by Crippen LogP contribution is 2.24. The van der Waals surface area contributed by atoms with Gasteiger partial charge < -0.3 is 10.8 Å². The minimum atomic E-state index is -0.656. The summed E-state index contributed by atoms with van der Waals surface area (Å²) in [5.74, 6) is -0.496. The van der Waals surface area contributed by atoms with Crippen LogP contribution in [0.1, 0.15) is 19.8 Å². The highest BCUT2D eigenvalue weighted by atomic mass is 16.4. The third kappa shape index (κ3) is 3.05. The van der Waals surface area contributed by atoms with E-state index < -0.39 is 5.97 Å². The van der Waals surface area contributed by atoms with E-state index >= 15 is 0 Å². The van der Waals surface area contributed by atoms with Crippen LogP contribution in [-0.4, -0.2) is 18.1 Å². The molecule has 0 fully saturated rings. The van der Waals surface area contributed by atoms with Gasteiger partial charge in [0.25, 0.3) is 0 Å². The molecule has 0 saturated carbocycles. The molecule has 2 atom stereocenters. The summed E-state index contributed by atoms with van der Waals surface area (Å²) >= 11 is 0. The monoisotopic (exact) mass is 171 g/mol. The molecule has 1 rings (SSSR count). The lowest BCUT2D eigenvalue weighted by Gasteiger charge is -2.20. The summed E-state index contributed by atoms with van der Waals surface area (Å²) in [6, 6.07) is 0. The van der Waals surface area contributed by atoms with E-state index in [0.29, 0.717) is 12.3 Å². The number of nitrogens with two attached hydrogens (primary N) is 1. The van der Waals surface area contributed by atoms with Gasteiger partial charge in [0.2, 0.25) is 0 Å². The van der Waals surface area contributed by atoms with E-state index in [1.165, 1.54) is 7.05 Å². The van der Waals surface area contributed by atoms with Gasteiger partial charge in [-0.2, -0.15) is 0 Å². The fourth-order valence-corrected chi connectivity index (χ4v) is 1.29. The first-order chi connectivity index (χ1) is 5.72. The average molecular weight is 171 g/mol. The first-order valence-electron chi connectivity index (χ1n) is 4.17. The second-order valence-electron chi connectivity index (χ2n) is 2.86. The number of allylic oxidation sites excluding steroid dienone is 2. The van der Waals surface area contributed by atoms with Gasteiger partial charge in [0.05, 0.1) is 5.92 Å². The van der Waals surface area contributed by atoms with Crippen LogP contribution in [0.2, 0.25) is 0 Å². The number of carbonyl (C=O) groups is 1. The first-order valence-corrected chi connectivity index (χ1v) is 4.17. The minimum Gasteiger partial charge on any atom is -0.481 e. The molecule has 0 bridgehead atoms. The van der Waals surface area contributed by atoms with E-state index in [9.17, 15) is 4.79 Å². The lowest BCUT2D eigenvalue weighted by Crippen LogP contribution is -2.22. The standard InChI is InChI=1S/C8H12O2.CH5N/c1-6-4-2-3-5-7(6)8(9)10;1-2/h2-3,6-7H,4-5H2,1H3,(H,9,10);2H2,1H3/t6?,7-;/m1./s1. The Hall–Kier alpha value is -0.830. The molecule has 3 nitrogen and oxygen atoms in total. The quantitative estimate of drug-likeness (QED) is 0.583. The van der Waals surface area contributed by atoms with E-state index in [1.807, 2.05) is 13.0 Å². The van der Waals surface area contributed by atoms with Gasteiger partial charge in [-0.05, 0) is 25.8 Å². The molecule has 0 spiro atoms. The molecule has 0 aromatic heterocycles. The van der Waals surface area contributed by atoms with Crippen LogP contribution in [0.15, 0.2) is 12.2 Å². The van der Waals surface area contributed by atoms with Crippen molar-refractivity contribution in [3.63, 3.8) is 0 Å². The van der Waals surface area contributed by atoms with E-state index in [2.05, 4.69) is 11.8 Å². The molecular weight excluding hydrogens is 154 g/mol. The highest BCUT2D eigenvalue weighted by molar-refractivity contribution is 5.70. The Morgan fingerprint density at radius 1 is 1.42 bits per heavy atom. The summed E-state index contributed by atoms with van der Waals surface area (Å²) in [7, 11) is 1.50. The molecule has 0 aromatic carbocycles. The van der Waals surface area contributed by atoms with Crippen molar-refractivity contribution in [1.29, 1.82) is 0 Å². The summed E-state index contributed by atoms with van der Waals surface area (Å²) < 4.78 is 0. The lowest BCUT2D eigenvalue weighted by molar-refractivity contribution is -0.143. The Kier molecular flexibility index (Phi) is 5.37. The number of carboxylic acids is 1. The molecule has 0 saturated heterocycles. The average Bonchev–Trinajstić information content (AvgIpc) is 2.08. The number of hydrogen-bond acceptors (Lipinski definition) is 2.